The van der Waals surface area contributed by atoms with E-state index in [0.717, 1.165) is 18.5 Å². The minimum atomic E-state index is -1.02. The monoisotopic (exact) mass is 234 g/mol. The molecular formula is C12H14N2O3. The van der Waals surface area contributed by atoms with Gasteiger partial charge in [0, 0.05) is 30.4 Å². The molecule has 1 aromatic heterocycles. The van der Waals surface area contributed by atoms with Crippen molar-refractivity contribution in [3.63, 3.8) is 0 Å². The van der Waals surface area contributed by atoms with Gasteiger partial charge in [0.15, 0.2) is 0 Å². The van der Waals surface area contributed by atoms with Gasteiger partial charge in [0.25, 0.3) is 5.91 Å². The molecule has 17 heavy (non-hydrogen) atoms. The number of hydrogen-bond acceptors (Lipinski definition) is 3. The Balaban J connectivity index is 2.12. The summed E-state index contributed by atoms with van der Waals surface area (Å²) in [5.41, 5.74) is 1.44. The maximum absolute atomic E-state index is 11.9. The lowest BCUT2D eigenvalue weighted by molar-refractivity contribution is -0.137. The summed E-state index contributed by atoms with van der Waals surface area (Å²) in [7, 11) is 1.48. The van der Waals surface area contributed by atoms with Crippen LogP contribution in [0.5, 0.6) is 0 Å². The van der Waals surface area contributed by atoms with Crippen LogP contribution in [-0.2, 0) is 4.79 Å². The molecule has 1 fully saturated rings. The van der Waals surface area contributed by atoms with Crippen LogP contribution in [0.25, 0.3) is 0 Å². The van der Waals surface area contributed by atoms with Gasteiger partial charge in [0.05, 0.1) is 0 Å². The first-order valence-electron chi connectivity index (χ1n) is 5.51. The molecule has 1 N–H and O–H groups in total. The lowest BCUT2D eigenvalue weighted by Gasteiger charge is -2.14. The molecule has 0 saturated heterocycles. The standard InChI is InChI=1S/C12H14N2O3/c1-14(7-11(15)16)12(17)9-4-5-13-10(6-9)8-2-3-8/h4-6,8H,2-3,7H2,1H3,(H,15,16). The van der Waals surface area contributed by atoms with Crippen molar-refractivity contribution in [3.8, 4) is 0 Å². The molecule has 2 rings (SSSR count). The molecular weight excluding hydrogens is 220 g/mol. The number of aliphatic carboxylic acids is 1. The summed E-state index contributed by atoms with van der Waals surface area (Å²) in [5, 5.41) is 8.63. The Morgan fingerprint density at radius 2 is 2.24 bits per heavy atom. The molecule has 90 valence electrons. The number of carbonyl (C=O) groups is 2. The van der Waals surface area contributed by atoms with Crippen molar-refractivity contribution in [1.29, 1.82) is 0 Å². The SMILES string of the molecule is CN(CC(=O)O)C(=O)c1ccnc(C2CC2)c1. The van der Waals surface area contributed by atoms with Gasteiger partial charge in [-0.1, -0.05) is 0 Å². The van der Waals surface area contributed by atoms with Crippen molar-refractivity contribution >= 4 is 11.9 Å². The predicted octanol–water partition coefficient (Wildman–Crippen LogP) is 1.12. The molecule has 1 aliphatic carbocycles. The number of likely N-dealkylation sites (N-methyl/N-ethyl adjacent to an activating group) is 1. The summed E-state index contributed by atoms with van der Waals surface area (Å²) in [5.74, 6) is -0.818. The molecule has 0 aliphatic heterocycles. The number of hydrogen-bond donors (Lipinski definition) is 1. The van der Waals surface area contributed by atoms with Gasteiger partial charge < -0.3 is 10.0 Å². The molecule has 1 aliphatic rings. The summed E-state index contributed by atoms with van der Waals surface area (Å²) in [4.78, 5) is 27.8. The van der Waals surface area contributed by atoms with E-state index in [2.05, 4.69) is 4.98 Å². The molecule has 0 aromatic carbocycles. The van der Waals surface area contributed by atoms with Crippen molar-refractivity contribution in [2.45, 2.75) is 18.8 Å². The third-order valence-corrected chi connectivity index (χ3v) is 2.74. The van der Waals surface area contributed by atoms with Crippen LogP contribution in [0.3, 0.4) is 0 Å². The Hall–Kier alpha value is -1.91. The normalized spacial score (nSPS) is 14.4. The number of rotatable bonds is 4. The number of carbonyl (C=O) groups excluding carboxylic acids is 1. The number of aromatic nitrogens is 1. The minimum Gasteiger partial charge on any atom is -0.480 e. The van der Waals surface area contributed by atoms with Crippen LogP contribution in [0.15, 0.2) is 18.3 Å². The lowest BCUT2D eigenvalue weighted by atomic mass is 10.1. The first-order chi connectivity index (χ1) is 8.08. The maximum atomic E-state index is 11.9. The molecule has 1 saturated carbocycles. The highest BCUT2D eigenvalue weighted by Gasteiger charge is 2.26. The van der Waals surface area contributed by atoms with E-state index < -0.39 is 5.97 Å². The molecule has 0 unspecified atom stereocenters. The number of pyridine rings is 1. The van der Waals surface area contributed by atoms with Crippen LogP contribution in [0.4, 0.5) is 0 Å². The highest BCUT2D eigenvalue weighted by Crippen LogP contribution is 2.38. The van der Waals surface area contributed by atoms with Crippen molar-refractivity contribution < 1.29 is 14.7 Å². The number of nitrogens with zero attached hydrogens (tertiary/aromatic N) is 2. The Morgan fingerprint density at radius 1 is 1.53 bits per heavy atom. The van der Waals surface area contributed by atoms with Crippen LogP contribution in [0.2, 0.25) is 0 Å². The van der Waals surface area contributed by atoms with Crippen LogP contribution >= 0.6 is 0 Å². The highest BCUT2D eigenvalue weighted by atomic mass is 16.4. The summed E-state index contributed by atoms with van der Waals surface area (Å²) >= 11 is 0. The van der Waals surface area contributed by atoms with E-state index in [4.69, 9.17) is 5.11 Å². The number of carboxylic acid groups (broad SMARTS) is 1. The first kappa shape index (κ1) is 11.6. The zero-order valence-electron chi connectivity index (χ0n) is 9.59. The van der Waals surface area contributed by atoms with E-state index >= 15 is 0 Å². The third kappa shape index (κ3) is 2.81. The van der Waals surface area contributed by atoms with E-state index in [0.29, 0.717) is 11.5 Å². The molecule has 0 spiro atoms. The molecule has 0 radical (unpaired) electrons. The molecule has 1 amide bonds. The second kappa shape index (κ2) is 4.53. The van der Waals surface area contributed by atoms with Crippen LogP contribution in [-0.4, -0.2) is 40.5 Å². The first-order valence-corrected chi connectivity index (χ1v) is 5.51. The summed E-state index contributed by atoms with van der Waals surface area (Å²) < 4.78 is 0. The Labute approximate surface area is 99.1 Å². The maximum Gasteiger partial charge on any atom is 0.323 e. The number of carboxylic acids is 1. The zero-order valence-corrected chi connectivity index (χ0v) is 9.59. The van der Waals surface area contributed by atoms with Gasteiger partial charge in [-0.3, -0.25) is 14.6 Å². The Bertz CT molecular complexity index is 455. The zero-order chi connectivity index (χ0) is 12.4. The van der Waals surface area contributed by atoms with E-state index in [1.165, 1.54) is 11.9 Å². The average molecular weight is 234 g/mol. The van der Waals surface area contributed by atoms with Gasteiger partial charge in [-0.05, 0) is 25.0 Å². The van der Waals surface area contributed by atoms with E-state index in [1.807, 2.05) is 0 Å². The number of amides is 1. The van der Waals surface area contributed by atoms with Gasteiger partial charge >= 0.3 is 5.97 Å². The summed E-state index contributed by atoms with van der Waals surface area (Å²) in [6.45, 7) is -0.292. The van der Waals surface area contributed by atoms with E-state index in [1.54, 1.807) is 18.3 Å². The molecule has 0 bridgehead atoms. The van der Waals surface area contributed by atoms with Crippen LogP contribution < -0.4 is 0 Å². The smallest absolute Gasteiger partial charge is 0.323 e. The van der Waals surface area contributed by atoms with E-state index in [-0.39, 0.29) is 12.5 Å². The lowest BCUT2D eigenvalue weighted by Crippen LogP contribution is -2.32. The molecule has 5 nitrogen and oxygen atoms in total. The Kier molecular flexibility index (Phi) is 3.08. The van der Waals surface area contributed by atoms with Gasteiger partial charge in [-0.25, -0.2) is 0 Å². The van der Waals surface area contributed by atoms with Crippen LogP contribution in [0, 0.1) is 0 Å². The largest absolute Gasteiger partial charge is 0.480 e. The van der Waals surface area contributed by atoms with E-state index in [9.17, 15) is 9.59 Å². The van der Waals surface area contributed by atoms with Gasteiger partial charge in [0.2, 0.25) is 0 Å². The second-order valence-corrected chi connectivity index (χ2v) is 4.30. The fourth-order valence-electron chi connectivity index (χ4n) is 1.68. The molecule has 0 atom stereocenters. The summed E-state index contributed by atoms with van der Waals surface area (Å²) in [6, 6.07) is 3.38. The quantitative estimate of drug-likeness (QED) is 0.847. The molecule has 1 aromatic rings. The van der Waals surface area contributed by atoms with Crippen molar-refractivity contribution in [2.75, 3.05) is 13.6 Å². The topological polar surface area (TPSA) is 70.5 Å². The average Bonchev–Trinajstić information content (AvgIpc) is 3.11. The van der Waals surface area contributed by atoms with Crippen molar-refractivity contribution in [1.82, 2.24) is 9.88 Å². The third-order valence-electron chi connectivity index (χ3n) is 2.74. The second-order valence-electron chi connectivity index (χ2n) is 4.30. The molecule has 1 heterocycles. The fourth-order valence-corrected chi connectivity index (χ4v) is 1.68. The Morgan fingerprint density at radius 3 is 2.82 bits per heavy atom. The van der Waals surface area contributed by atoms with Gasteiger partial charge in [-0.15, -0.1) is 0 Å². The molecule has 5 heteroatoms. The fraction of sp³-hybridized carbons (Fsp3) is 0.417. The van der Waals surface area contributed by atoms with Crippen molar-refractivity contribution in [2.24, 2.45) is 0 Å². The minimum absolute atomic E-state index is 0.281. The van der Waals surface area contributed by atoms with Gasteiger partial charge in [-0.2, -0.15) is 0 Å². The predicted molar refractivity (Wildman–Crippen MR) is 60.8 cm³/mol. The highest BCUT2D eigenvalue weighted by molar-refractivity contribution is 5.95. The summed E-state index contributed by atoms with van der Waals surface area (Å²) in [6.07, 6.45) is 3.85. The van der Waals surface area contributed by atoms with Gasteiger partial charge in [0.1, 0.15) is 6.54 Å². The van der Waals surface area contributed by atoms with Crippen molar-refractivity contribution in [3.05, 3.63) is 29.6 Å². The van der Waals surface area contributed by atoms with Crippen LogP contribution in [0.1, 0.15) is 34.8 Å².